The van der Waals surface area contributed by atoms with E-state index in [-0.39, 0.29) is 16.9 Å². The van der Waals surface area contributed by atoms with Gasteiger partial charge < -0.3 is 0 Å². The predicted molar refractivity (Wildman–Crippen MR) is 73.5 cm³/mol. The molecule has 1 heterocycles. The Kier molecular flexibility index (Phi) is 4.51. The van der Waals surface area contributed by atoms with Crippen molar-refractivity contribution in [3.8, 4) is 0 Å². The molecular weight excluding hydrogens is 255 g/mol. The summed E-state index contributed by atoms with van der Waals surface area (Å²) in [5.74, 6) is 2.00. The molecule has 4 heteroatoms. The highest BCUT2D eigenvalue weighted by molar-refractivity contribution is 8.07. The van der Waals surface area contributed by atoms with E-state index < -0.39 is 0 Å². The van der Waals surface area contributed by atoms with Crippen LogP contribution in [0, 0.1) is 5.82 Å². The second kappa shape index (κ2) is 5.91. The van der Waals surface area contributed by atoms with Crippen LogP contribution in [0.25, 0.3) is 0 Å². The molecule has 17 heavy (non-hydrogen) atoms. The zero-order valence-corrected chi connectivity index (χ0v) is 11.3. The van der Waals surface area contributed by atoms with Crippen LogP contribution in [0.5, 0.6) is 0 Å². The number of ketones is 1. The quantitative estimate of drug-likeness (QED) is 0.781. The molecule has 1 aliphatic heterocycles. The molecule has 0 N–H and O–H groups in total. The van der Waals surface area contributed by atoms with Gasteiger partial charge in [-0.25, -0.2) is 4.39 Å². The summed E-state index contributed by atoms with van der Waals surface area (Å²) in [6.07, 6.45) is 1.01. The van der Waals surface area contributed by atoms with Gasteiger partial charge in [0.05, 0.1) is 5.25 Å². The molecule has 1 aromatic rings. The lowest BCUT2D eigenvalue weighted by Gasteiger charge is -2.28. The highest BCUT2D eigenvalue weighted by atomic mass is 32.2. The largest absolute Gasteiger partial charge is 0.293 e. The number of carbonyl (C=O) groups is 1. The molecule has 1 fully saturated rings. The third-order valence-electron chi connectivity index (χ3n) is 2.84. The summed E-state index contributed by atoms with van der Waals surface area (Å²) in [5, 5.41) is 0.426. The molecular formula is C13H15FOS2. The van der Waals surface area contributed by atoms with Crippen LogP contribution in [0.15, 0.2) is 24.3 Å². The fraction of sp³-hybridized carbons (Fsp3) is 0.462. The van der Waals surface area contributed by atoms with Crippen LogP contribution in [0.4, 0.5) is 4.39 Å². The van der Waals surface area contributed by atoms with Crippen molar-refractivity contribution in [1.82, 2.24) is 0 Å². The zero-order chi connectivity index (χ0) is 12.3. The Hall–Kier alpha value is -0.480. The monoisotopic (exact) mass is 270 g/mol. The van der Waals surface area contributed by atoms with Crippen molar-refractivity contribution >= 4 is 29.3 Å². The van der Waals surface area contributed by atoms with Crippen LogP contribution < -0.4 is 0 Å². The van der Waals surface area contributed by atoms with Crippen LogP contribution in [-0.2, 0) is 0 Å². The lowest BCUT2D eigenvalue weighted by atomic mass is 10.0. The first-order valence-electron chi connectivity index (χ1n) is 5.75. The molecule has 1 saturated heterocycles. The van der Waals surface area contributed by atoms with Crippen LogP contribution in [0.1, 0.15) is 23.7 Å². The fourth-order valence-corrected chi connectivity index (χ4v) is 4.95. The van der Waals surface area contributed by atoms with Crippen LogP contribution in [0.3, 0.4) is 0 Å². The topological polar surface area (TPSA) is 17.1 Å². The number of rotatable bonds is 3. The maximum Gasteiger partial charge on any atom is 0.176 e. The van der Waals surface area contributed by atoms with E-state index in [4.69, 9.17) is 0 Å². The second-order valence-electron chi connectivity index (χ2n) is 3.98. The normalized spacial score (nSPS) is 24.6. The molecule has 0 spiro atoms. The summed E-state index contributed by atoms with van der Waals surface area (Å²) < 4.78 is 12.8. The first-order chi connectivity index (χ1) is 8.22. The van der Waals surface area contributed by atoms with Crippen LogP contribution in [-0.4, -0.2) is 27.8 Å². The summed E-state index contributed by atoms with van der Waals surface area (Å²) >= 11 is 3.62. The van der Waals surface area contributed by atoms with Gasteiger partial charge in [0.1, 0.15) is 5.82 Å². The minimum absolute atomic E-state index is 0.0317. The molecule has 0 amide bonds. The molecule has 2 unspecified atom stereocenters. The highest BCUT2D eigenvalue weighted by Crippen LogP contribution is 2.35. The van der Waals surface area contributed by atoms with Gasteiger partial charge in [-0.1, -0.05) is 6.92 Å². The predicted octanol–water partition coefficient (Wildman–Crippen LogP) is 3.64. The Morgan fingerprint density at radius 3 is 2.59 bits per heavy atom. The van der Waals surface area contributed by atoms with Gasteiger partial charge in [0, 0.05) is 22.3 Å². The lowest BCUT2D eigenvalue weighted by molar-refractivity contribution is 0.0988. The summed E-state index contributed by atoms with van der Waals surface area (Å²) in [6.45, 7) is 2.12. The SMILES string of the molecule is CCC1SCCSC1C(=O)c1ccc(F)cc1. The van der Waals surface area contributed by atoms with E-state index >= 15 is 0 Å². The average Bonchev–Trinajstić information content (AvgIpc) is 2.39. The molecule has 92 valence electrons. The molecule has 1 aliphatic rings. The van der Waals surface area contributed by atoms with E-state index in [1.807, 2.05) is 11.8 Å². The van der Waals surface area contributed by atoms with Crippen molar-refractivity contribution < 1.29 is 9.18 Å². The maximum atomic E-state index is 12.8. The number of thioether (sulfide) groups is 2. The van der Waals surface area contributed by atoms with E-state index in [9.17, 15) is 9.18 Å². The molecule has 2 rings (SSSR count). The Labute approximate surface area is 110 Å². The van der Waals surface area contributed by atoms with Gasteiger partial charge in [0.15, 0.2) is 5.78 Å². The highest BCUT2D eigenvalue weighted by Gasteiger charge is 2.31. The van der Waals surface area contributed by atoms with Crippen LogP contribution in [0.2, 0.25) is 0 Å². The van der Waals surface area contributed by atoms with Gasteiger partial charge in [0.25, 0.3) is 0 Å². The van der Waals surface area contributed by atoms with Gasteiger partial charge in [-0.05, 0) is 30.7 Å². The average molecular weight is 270 g/mol. The molecule has 0 aromatic heterocycles. The Bertz CT molecular complexity index is 391. The summed E-state index contributed by atoms with van der Waals surface area (Å²) in [5.41, 5.74) is 0.629. The van der Waals surface area contributed by atoms with E-state index in [2.05, 4.69) is 6.92 Å². The number of halogens is 1. The van der Waals surface area contributed by atoms with E-state index in [1.54, 1.807) is 23.9 Å². The minimum atomic E-state index is -0.292. The molecule has 2 atom stereocenters. The number of Topliss-reactive ketones (excluding diaryl/α,β-unsaturated/α-hetero) is 1. The van der Waals surface area contributed by atoms with Crippen molar-refractivity contribution in [2.24, 2.45) is 0 Å². The van der Waals surface area contributed by atoms with Crippen molar-refractivity contribution in [1.29, 1.82) is 0 Å². The van der Waals surface area contributed by atoms with Gasteiger partial charge in [0.2, 0.25) is 0 Å². The van der Waals surface area contributed by atoms with E-state index in [0.717, 1.165) is 17.9 Å². The Balaban J connectivity index is 2.15. The third kappa shape index (κ3) is 3.05. The number of benzene rings is 1. The standard InChI is InChI=1S/C13H15FOS2/c1-2-11-13(17-8-7-16-11)12(15)9-3-5-10(14)6-4-9/h3-6,11,13H,2,7-8H2,1H3. The smallest absolute Gasteiger partial charge is 0.176 e. The summed E-state index contributed by atoms with van der Waals surface area (Å²) in [6, 6.07) is 5.89. The van der Waals surface area contributed by atoms with E-state index in [0.29, 0.717) is 10.8 Å². The Morgan fingerprint density at radius 1 is 1.29 bits per heavy atom. The van der Waals surface area contributed by atoms with Gasteiger partial charge in [-0.15, -0.1) is 11.8 Å². The third-order valence-corrected chi connectivity index (χ3v) is 6.09. The second-order valence-corrected chi connectivity index (χ2v) is 6.58. The first-order valence-corrected chi connectivity index (χ1v) is 7.85. The molecule has 0 saturated carbocycles. The minimum Gasteiger partial charge on any atom is -0.293 e. The molecule has 0 bridgehead atoms. The molecule has 1 aromatic carbocycles. The summed E-state index contributed by atoms with van der Waals surface area (Å²) in [7, 11) is 0. The van der Waals surface area contributed by atoms with Crippen LogP contribution >= 0.6 is 23.5 Å². The number of hydrogen-bond acceptors (Lipinski definition) is 3. The van der Waals surface area contributed by atoms with Crippen molar-refractivity contribution in [3.05, 3.63) is 35.6 Å². The van der Waals surface area contributed by atoms with E-state index in [1.165, 1.54) is 12.1 Å². The van der Waals surface area contributed by atoms with Crippen molar-refractivity contribution in [2.45, 2.75) is 23.8 Å². The fourth-order valence-electron chi connectivity index (χ4n) is 1.92. The zero-order valence-electron chi connectivity index (χ0n) is 9.69. The number of hydrogen-bond donors (Lipinski definition) is 0. The first kappa shape index (κ1) is 13.0. The van der Waals surface area contributed by atoms with Crippen molar-refractivity contribution in [2.75, 3.05) is 11.5 Å². The molecule has 0 aliphatic carbocycles. The number of carbonyl (C=O) groups excluding carboxylic acids is 1. The lowest BCUT2D eigenvalue weighted by Crippen LogP contribution is -2.32. The Morgan fingerprint density at radius 2 is 1.94 bits per heavy atom. The maximum absolute atomic E-state index is 12.8. The van der Waals surface area contributed by atoms with Gasteiger partial charge >= 0.3 is 0 Å². The van der Waals surface area contributed by atoms with Crippen molar-refractivity contribution in [3.63, 3.8) is 0 Å². The molecule has 0 radical (unpaired) electrons. The van der Waals surface area contributed by atoms with Gasteiger partial charge in [-0.2, -0.15) is 11.8 Å². The summed E-state index contributed by atoms with van der Waals surface area (Å²) in [4.78, 5) is 12.3. The molecule has 1 nitrogen and oxygen atoms in total. The van der Waals surface area contributed by atoms with Gasteiger partial charge in [-0.3, -0.25) is 4.79 Å².